The molecule has 0 aliphatic carbocycles. The van der Waals surface area contributed by atoms with Crippen LogP contribution in [0.5, 0.6) is 0 Å². The third-order valence-electron chi connectivity index (χ3n) is 3.88. The molecule has 1 aliphatic rings. The van der Waals surface area contributed by atoms with E-state index in [0.29, 0.717) is 0 Å². The molecule has 0 unspecified atom stereocenters. The fourth-order valence-electron chi connectivity index (χ4n) is 2.83. The van der Waals surface area contributed by atoms with Crippen LogP contribution in [0.1, 0.15) is 24.1 Å². The van der Waals surface area contributed by atoms with Gasteiger partial charge in [0.2, 0.25) is 5.91 Å². The molecule has 6 nitrogen and oxygen atoms in total. The maximum absolute atomic E-state index is 11.6. The molecule has 2 N–H and O–H groups in total. The number of hydrogen-bond acceptors (Lipinski definition) is 4. The Morgan fingerprint density at radius 1 is 1.47 bits per heavy atom. The number of anilines is 1. The van der Waals surface area contributed by atoms with Gasteiger partial charge in [-0.25, -0.2) is 0 Å². The third kappa shape index (κ3) is 2.58. The molecule has 0 saturated carbocycles. The molecule has 1 amide bonds. The average molecular weight is 266 g/mol. The average Bonchev–Trinajstić information content (AvgIpc) is 2.72. The molecule has 2 rings (SSSR count). The van der Waals surface area contributed by atoms with Gasteiger partial charge in [0.1, 0.15) is 5.82 Å². The van der Waals surface area contributed by atoms with E-state index in [4.69, 9.17) is 0 Å². The zero-order valence-electron chi connectivity index (χ0n) is 11.8. The van der Waals surface area contributed by atoms with Crippen LogP contribution in [-0.4, -0.2) is 40.9 Å². The van der Waals surface area contributed by atoms with Gasteiger partial charge in [-0.2, -0.15) is 5.10 Å². The van der Waals surface area contributed by atoms with Gasteiger partial charge in [0.15, 0.2) is 0 Å². The van der Waals surface area contributed by atoms with Gasteiger partial charge in [-0.05, 0) is 19.8 Å². The molecule has 6 heteroatoms. The van der Waals surface area contributed by atoms with Gasteiger partial charge in [0, 0.05) is 38.7 Å². The standard InChI is InChI=1S/C13H22N4O2/c1-9-11(8-18)13(16(3)15-9)17-6-4-10(5-7-17)12(19)14-2/h10,18H,4-8H2,1-3H3,(H,14,19). The molecule has 0 spiro atoms. The molecule has 0 aromatic carbocycles. The highest BCUT2D eigenvalue weighted by Crippen LogP contribution is 2.28. The molecular weight excluding hydrogens is 244 g/mol. The van der Waals surface area contributed by atoms with Crippen LogP contribution in [0.4, 0.5) is 5.82 Å². The van der Waals surface area contributed by atoms with Crippen molar-refractivity contribution in [1.29, 1.82) is 0 Å². The van der Waals surface area contributed by atoms with Crippen molar-refractivity contribution in [2.45, 2.75) is 26.4 Å². The van der Waals surface area contributed by atoms with Gasteiger partial charge in [0.25, 0.3) is 0 Å². The molecule has 1 aromatic heterocycles. The second-order valence-corrected chi connectivity index (χ2v) is 5.04. The van der Waals surface area contributed by atoms with Gasteiger partial charge in [0.05, 0.1) is 12.3 Å². The van der Waals surface area contributed by atoms with E-state index in [2.05, 4.69) is 15.3 Å². The van der Waals surface area contributed by atoms with Crippen LogP contribution in [0.2, 0.25) is 0 Å². The quantitative estimate of drug-likeness (QED) is 0.819. The lowest BCUT2D eigenvalue weighted by Gasteiger charge is -2.33. The number of piperidine rings is 1. The first kappa shape index (κ1) is 13.9. The summed E-state index contributed by atoms with van der Waals surface area (Å²) in [5.74, 6) is 1.21. The molecule has 106 valence electrons. The maximum atomic E-state index is 11.6. The van der Waals surface area contributed by atoms with Gasteiger partial charge in [-0.15, -0.1) is 0 Å². The topological polar surface area (TPSA) is 70.4 Å². The summed E-state index contributed by atoms with van der Waals surface area (Å²) in [6.45, 7) is 3.56. The highest BCUT2D eigenvalue weighted by atomic mass is 16.3. The van der Waals surface area contributed by atoms with Crippen molar-refractivity contribution >= 4 is 11.7 Å². The van der Waals surface area contributed by atoms with Crippen molar-refractivity contribution in [2.24, 2.45) is 13.0 Å². The number of aromatic nitrogens is 2. The lowest BCUT2D eigenvalue weighted by molar-refractivity contribution is -0.125. The Bertz CT molecular complexity index is 461. The minimum Gasteiger partial charge on any atom is -0.391 e. The van der Waals surface area contributed by atoms with Crippen LogP contribution in [0.3, 0.4) is 0 Å². The molecule has 1 saturated heterocycles. The number of rotatable bonds is 3. The fraction of sp³-hybridized carbons (Fsp3) is 0.692. The highest BCUT2D eigenvalue weighted by molar-refractivity contribution is 5.78. The van der Waals surface area contributed by atoms with Gasteiger partial charge >= 0.3 is 0 Å². The number of aliphatic hydroxyl groups is 1. The van der Waals surface area contributed by atoms with E-state index >= 15 is 0 Å². The minimum absolute atomic E-state index is 0.00435. The maximum Gasteiger partial charge on any atom is 0.222 e. The number of aryl methyl sites for hydroxylation is 2. The Labute approximate surface area is 113 Å². The van der Waals surface area contributed by atoms with Crippen LogP contribution in [0.15, 0.2) is 0 Å². The number of amides is 1. The largest absolute Gasteiger partial charge is 0.391 e. The summed E-state index contributed by atoms with van der Waals surface area (Å²) in [6.07, 6.45) is 1.68. The van der Waals surface area contributed by atoms with Gasteiger partial charge in [-0.3, -0.25) is 9.48 Å². The molecule has 19 heavy (non-hydrogen) atoms. The molecule has 1 fully saturated rings. The van der Waals surface area contributed by atoms with E-state index in [1.807, 2.05) is 18.7 Å². The Morgan fingerprint density at radius 2 is 2.11 bits per heavy atom. The predicted molar refractivity (Wildman–Crippen MR) is 72.9 cm³/mol. The van der Waals surface area contributed by atoms with Crippen LogP contribution in [0.25, 0.3) is 0 Å². The van der Waals surface area contributed by atoms with E-state index in [1.165, 1.54) is 0 Å². The Morgan fingerprint density at radius 3 is 2.63 bits per heavy atom. The van der Waals surface area contributed by atoms with E-state index in [9.17, 15) is 9.90 Å². The first-order valence-electron chi connectivity index (χ1n) is 6.68. The van der Waals surface area contributed by atoms with Crippen molar-refractivity contribution in [3.63, 3.8) is 0 Å². The predicted octanol–water partition coefficient (Wildman–Crippen LogP) is 0.183. The minimum atomic E-state index is 0.00435. The van der Waals surface area contributed by atoms with Crippen LogP contribution >= 0.6 is 0 Å². The monoisotopic (exact) mass is 266 g/mol. The number of aliphatic hydroxyl groups excluding tert-OH is 1. The van der Waals surface area contributed by atoms with Crippen LogP contribution < -0.4 is 10.2 Å². The highest BCUT2D eigenvalue weighted by Gasteiger charge is 2.27. The van der Waals surface area contributed by atoms with Crippen molar-refractivity contribution < 1.29 is 9.90 Å². The van der Waals surface area contributed by atoms with Gasteiger partial charge < -0.3 is 15.3 Å². The number of hydrogen-bond donors (Lipinski definition) is 2. The van der Waals surface area contributed by atoms with Crippen molar-refractivity contribution in [1.82, 2.24) is 15.1 Å². The molecule has 1 aliphatic heterocycles. The van der Waals surface area contributed by atoms with E-state index in [-0.39, 0.29) is 18.4 Å². The molecular formula is C13H22N4O2. The third-order valence-corrected chi connectivity index (χ3v) is 3.88. The molecule has 0 atom stereocenters. The van der Waals surface area contributed by atoms with Crippen molar-refractivity contribution in [3.05, 3.63) is 11.3 Å². The summed E-state index contributed by atoms with van der Waals surface area (Å²) in [4.78, 5) is 13.8. The smallest absolute Gasteiger partial charge is 0.222 e. The fourth-order valence-corrected chi connectivity index (χ4v) is 2.83. The number of carbonyl (C=O) groups is 1. The van der Waals surface area contributed by atoms with Gasteiger partial charge in [-0.1, -0.05) is 0 Å². The Balaban J connectivity index is 2.12. The molecule has 1 aromatic rings. The zero-order chi connectivity index (χ0) is 14.0. The van der Waals surface area contributed by atoms with E-state index in [1.54, 1.807) is 7.05 Å². The zero-order valence-corrected chi connectivity index (χ0v) is 11.8. The molecule has 0 radical (unpaired) electrons. The summed E-state index contributed by atoms with van der Waals surface area (Å²) in [7, 11) is 3.58. The number of nitrogens with zero attached hydrogens (tertiary/aromatic N) is 3. The van der Waals surface area contributed by atoms with Crippen molar-refractivity contribution in [3.8, 4) is 0 Å². The normalized spacial score (nSPS) is 16.7. The molecule has 0 bridgehead atoms. The first-order valence-corrected chi connectivity index (χ1v) is 6.68. The van der Waals surface area contributed by atoms with E-state index in [0.717, 1.165) is 43.0 Å². The lowest BCUT2D eigenvalue weighted by atomic mass is 9.96. The summed E-state index contributed by atoms with van der Waals surface area (Å²) in [6, 6.07) is 0. The Hall–Kier alpha value is -1.56. The van der Waals surface area contributed by atoms with Crippen LogP contribution in [-0.2, 0) is 18.4 Å². The summed E-state index contributed by atoms with van der Waals surface area (Å²) >= 11 is 0. The summed E-state index contributed by atoms with van der Waals surface area (Å²) in [5.41, 5.74) is 1.76. The SMILES string of the molecule is CNC(=O)C1CCN(c2c(CO)c(C)nn2C)CC1. The first-order chi connectivity index (χ1) is 9.08. The van der Waals surface area contributed by atoms with Crippen LogP contribution in [0, 0.1) is 12.8 Å². The summed E-state index contributed by atoms with van der Waals surface area (Å²) < 4.78 is 1.82. The van der Waals surface area contributed by atoms with E-state index < -0.39 is 0 Å². The molecule has 2 heterocycles. The number of nitrogens with one attached hydrogen (secondary N) is 1. The second kappa shape index (κ2) is 5.61. The number of carbonyl (C=O) groups excluding carboxylic acids is 1. The summed E-state index contributed by atoms with van der Waals surface area (Å²) in [5, 5.41) is 16.6. The Kier molecular flexibility index (Phi) is 4.09. The van der Waals surface area contributed by atoms with Crippen molar-refractivity contribution in [2.75, 3.05) is 25.0 Å². The lowest BCUT2D eigenvalue weighted by Crippen LogP contribution is -2.40. The second-order valence-electron chi connectivity index (χ2n) is 5.04.